The summed E-state index contributed by atoms with van der Waals surface area (Å²) in [5.41, 5.74) is 4.75. The van der Waals surface area contributed by atoms with Gasteiger partial charge in [0.25, 0.3) is 11.8 Å². The highest BCUT2D eigenvalue weighted by Gasteiger charge is 2.34. The van der Waals surface area contributed by atoms with Crippen LogP contribution in [0.2, 0.25) is 0 Å². The number of fused-ring (bicyclic) bond motifs is 1. The summed E-state index contributed by atoms with van der Waals surface area (Å²) in [4.78, 5) is 34.7. The van der Waals surface area contributed by atoms with E-state index in [1.807, 2.05) is 25.1 Å². The van der Waals surface area contributed by atoms with Crippen molar-refractivity contribution in [1.82, 2.24) is 14.8 Å². The zero-order chi connectivity index (χ0) is 30.3. The van der Waals surface area contributed by atoms with Crippen molar-refractivity contribution >= 4 is 17.5 Å². The van der Waals surface area contributed by atoms with Gasteiger partial charge in [-0.1, -0.05) is 67.6 Å². The zero-order valence-corrected chi connectivity index (χ0v) is 24.8. The molecule has 43 heavy (non-hydrogen) atoms. The molecule has 8 heteroatoms. The summed E-state index contributed by atoms with van der Waals surface area (Å²) in [7, 11) is 2.05. The average Bonchev–Trinajstić information content (AvgIpc) is 3.03. The molecule has 2 N–H and O–H groups in total. The monoisotopic (exact) mass is 578 g/mol. The summed E-state index contributed by atoms with van der Waals surface area (Å²) in [6, 6.07) is 26.9. The molecule has 3 aromatic carbocycles. The molecular formula is C35H38N4O4. The molecule has 8 nitrogen and oxygen atoms in total. The van der Waals surface area contributed by atoms with Crippen LogP contribution in [0, 0.1) is 5.92 Å². The number of likely N-dealkylation sites (N-methyl/N-ethyl adjacent to an activating group) is 1. The van der Waals surface area contributed by atoms with E-state index in [1.165, 1.54) is 16.7 Å². The van der Waals surface area contributed by atoms with Crippen molar-refractivity contribution in [2.24, 2.45) is 5.92 Å². The van der Waals surface area contributed by atoms with Crippen molar-refractivity contribution in [2.75, 3.05) is 32.1 Å². The molecule has 2 heterocycles. The Hall–Kier alpha value is -4.53. The Kier molecular flexibility index (Phi) is 9.49. The third-order valence-electron chi connectivity index (χ3n) is 7.89. The quantitative estimate of drug-likeness (QED) is 0.278. The van der Waals surface area contributed by atoms with E-state index in [4.69, 9.17) is 4.74 Å². The molecule has 0 bridgehead atoms. The van der Waals surface area contributed by atoms with Crippen molar-refractivity contribution in [3.05, 3.63) is 114 Å². The molecule has 1 aliphatic rings. The Morgan fingerprint density at radius 3 is 2.42 bits per heavy atom. The van der Waals surface area contributed by atoms with Gasteiger partial charge in [-0.05, 0) is 54.9 Å². The molecule has 0 aliphatic carbocycles. The SMILES string of the molecule is C[C@H](CO)N1C[C@H](C)[C@H](CN(C)Cc2ccc(-c3ccccc3)cc2)Oc2c(NC(=O)c3ccncc3)cccc2C1=O. The summed E-state index contributed by atoms with van der Waals surface area (Å²) >= 11 is 0. The first-order valence-corrected chi connectivity index (χ1v) is 14.6. The molecule has 0 radical (unpaired) electrons. The minimum Gasteiger partial charge on any atom is -0.486 e. The number of hydrogen-bond donors (Lipinski definition) is 2. The van der Waals surface area contributed by atoms with E-state index in [9.17, 15) is 14.7 Å². The lowest BCUT2D eigenvalue weighted by molar-refractivity contribution is 0.0343. The lowest BCUT2D eigenvalue weighted by Gasteiger charge is -2.38. The van der Waals surface area contributed by atoms with E-state index >= 15 is 0 Å². The molecule has 1 aliphatic heterocycles. The third-order valence-corrected chi connectivity index (χ3v) is 7.89. The van der Waals surface area contributed by atoms with Crippen LogP contribution in [0.5, 0.6) is 5.75 Å². The van der Waals surface area contributed by atoms with Crippen LogP contribution in [0.15, 0.2) is 97.3 Å². The van der Waals surface area contributed by atoms with Crippen LogP contribution in [0.3, 0.4) is 0 Å². The Bertz CT molecular complexity index is 1530. The number of carbonyl (C=O) groups is 2. The molecule has 0 saturated carbocycles. The number of benzene rings is 3. The number of hydrogen-bond acceptors (Lipinski definition) is 6. The lowest BCUT2D eigenvalue weighted by atomic mass is 9.98. The van der Waals surface area contributed by atoms with Gasteiger partial charge in [-0.2, -0.15) is 0 Å². The number of carbonyl (C=O) groups excluding carboxylic acids is 2. The largest absolute Gasteiger partial charge is 0.486 e. The number of amides is 2. The van der Waals surface area contributed by atoms with Crippen LogP contribution in [0.1, 0.15) is 40.1 Å². The van der Waals surface area contributed by atoms with Crippen LogP contribution in [-0.4, -0.2) is 70.6 Å². The fourth-order valence-electron chi connectivity index (χ4n) is 5.37. The van der Waals surface area contributed by atoms with Crippen LogP contribution in [-0.2, 0) is 6.54 Å². The second-order valence-corrected chi connectivity index (χ2v) is 11.3. The normalized spacial score (nSPS) is 17.4. The molecule has 1 aromatic heterocycles. The lowest BCUT2D eigenvalue weighted by Crippen LogP contribution is -2.49. The van der Waals surface area contributed by atoms with Gasteiger partial charge in [0.05, 0.1) is 23.9 Å². The molecule has 0 spiro atoms. The minimum atomic E-state index is -0.377. The Morgan fingerprint density at radius 2 is 1.72 bits per heavy atom. The summed E-state index contributed by atoms with van der Waals surface area (Å²) in [6.45, 7) is 5.46. The predicted molar refractivity (Wildman–Crippen MR) is 168 cm³/mol. The zero-order valence-electron chi connectivity index (χ0n) is 24.8. The van der Waals surface area contributed by atoms with Gasteiger partial charge in [0.15, 0.2) is 5.75 Å². The van der Waals surface area contributed by atoms with Crippen LogP contribution in [0.4, 0.5) is 5.69 Å². The van der Waals surface area contributed by atoms with E-state index < -0.39 is 0 Å². The highest BCUT2D eigenvalue weighted by Crippen LogP contribution is 2.35. The van der Waals surface area contributed by atoms with Crippen molar-refractivity contribution < 1.29 is 19.4 Å². The fraction of sp³-hybridized carbons (Fsp3) is 0.286. The van der Waals surface area contributed by atoms with Gasteiger partial charge >= 0.3 is 0 Å². The highest BCUT2D eigenvalue weighted by molar-refractivity contribution is 6.07. The first-order valence-electron chi connectivity index (χ1n) is 14.6. The second-order valence-electron chi connectivity index (χ2n) is 11.3. The first-order chi connectivity index (χ1) is 20.8. The highest BCUT2D eigenvalue weighted by atomic mass is 16.5. The molecular weight excluding hydrogens is 540 g/mol. The third kappa shape index (κ3) is 7.10. The van der Waals surface area contributed by atoms with Crippen molar-refractivity contribution in [3.8, 4) is 16.9 Å². The Balaban J connectivity index is 1.39. The van der Waals surface area contributed by atoms with Crippen molar-refractivity contribution in [2.45, 2.75) is 32.5 Å². The van der Waals surface area contributed by atoms with Gasteiger partial charge in [-0.3, -0.25) is 19.5 Å². The second kappa shape index (κ2) is 13.6. The predicted octanol–water partition coefficient (Wildman–Crippen LogP) is 5.35. The molecule has 0 fully saturated rings. The maximum Gasteiger partial charge on any atom is 0.258 e. The first kappa shape index (κ1) is 29.9. The summed E-state index contributed by atoms with van der Waals surface area (Å²) in [6.07, 6.45) is 2.82. The van der Waals surface area contributed by atoms with Crippen LogP contribution >= 0.6 is 0 Å². The van der Waals surface area contributed by atoms with E-state index in [1.54, 1.807) is 47.6 Å². The number of rotatable bonds is 9. The fourth-order valence-corrected chi connectivity index (χ4v) is 5.37. The van der Waals surface area contributed by atoms with E-state index in [0.29, 0.717) is 42.2 Å². The number of anilines is 1. The van der Waals surface area contributed by atoms with Gasteiger partial charge in [0, 0.05) is 43.5 Å². The standard InChI is InChI=1S/C35H38N4O4/c1-24-20-39(25(2)23-40)35(42)30-10-7-11-31(37-34(41)29-16-18-36-19-17-29)33(30)43-32(24)22-38(3)21-26-12-14-28(15-13-26)27-8-5-4-6-9-27/h4-19,24-25,32,40H,20-23H2,1-3H3,(H,37,41)/t24-,25+,32-/m0/s1. The Morgan fingerprint density at radius 1 is 1.02 bits per heavy atom. The number of aromatic nitrogens is 1. The number of aliphatic hydroxyl groups is 1. The summed E-state index contributed by atoms with van der Waals surface area (Å²) in [5.74, 6) is -0.288. The van der Waals surface area contributed by atoms with E-state index in [0.717, 1.165) is 0 Å². The molecule has 0 unspecified atom stereocenters. The van der Waals surface area contributed by atoms with Gasteiger partial charge in [0.2, 0.25) is 0 Å². The van der Waals surface area contributed by atoms with Crippen molar-refractivity contribution in [3.63, 3.8) is 0 Å². The molecule has 222 valence electrons. The molecule has 0 saturated heterocycles. The Labute approximate surface area is 252 Å². The van der Waals surface area contributed by atoms with Crippen LogP contribution < -0.4 is 10.1 Å². The minimum absolute atomic E-state index is 0.0574. The molecule has 2 amide bonds. The van der Waals surface area contributed by atoms with Gasteiger partial charge in [0.1, 0.15) is 6.10 Å². The number of pyridine rings is 1. The van der Waals surface area contributed by atoms with E-state index in [2.05, 4.69) is 65.6 Å². The summed E-state index contributed by atoms with van der Waals surface area (Å²) < 4.78 is 6.66. The summed E-state index contributed by atoms with van der Waals surface area (Å²) in [5, 5.41) is 12.9. The van der Waals surface area contributed by atoms with E-state index in [-0.39, 0.29) is 36.5 Å². The van der Waals surface area contributed by atoms with Gasteiger partial charge in [-0.25, -0.2) is 0 Å². The van der Waals surface area contributed by atoms with Crippen LogP contribution in [0.25, 0.3) is 11.1 Å². The maximum atomic E-state index is 13.7. The average molecular weight is 579 g/mol. The topological polar surface area (TPSA) is 95.0 Å². The van der Waals surface area contributed by atoms with Gasteiger partial charge in [-0.15, -0.1) is 0 Å². The molecule has 5 rings (SSSR count). The number of para-hydroxylation sites is 1. The molecule has 4 aromatic rings. The number of nitrogens with zero attached hydrogens (tertiary/aromatic N) is 3. The van der Waals surface area contributed by atoms with Crippen molar-refractivity contribution in [1.29, 1.82) is 0 Å². The molecule has 3 atom stereocenters. The van der Waals surface area contributed by atoms with Gasteiger partial charge < -0.3 is 20.1 Å². The number of aliphatic hydroxyl groups excluding tert-OH is 1. The number of nitrogens with one attached hydrogen (secondary N) is 1. The number of ether oxygens (including phenoxy) is 1. The maximum absolute atomic E-state index is 13.7. The smallest absolute Gasteiger partial charge is 0.258 e.